The standard InChI is InChI=1S/C21H30F2/c1-4-16(5-2)7-6-15(3)17-8-10-18(11-9-17)19-12-13-20(22)21(23)14-19/h4,12-18H,1,5-11H2,2-3H3. The van der Waals surface area contributed by atoms with Gasteiger partial charge in [0.25, 0.3) is 0 Å². The van der Waals surface area contributed by atoms with Crippen molar-refractivity contribution in [1.29, 1.82) is 0 Å². The third-order valence-corrected chi connectivity index (χ3v) is 5.84. The van der Waals surface area contributed by atoms with Gasteiger partial charge in [0.1, 0.15) is 0 Å². The van der Waals surface area contributed by atoms with Gasteiger partial charge in [0.05, 0.1) is 0 Å². The summed E-state index contributed by atoms with van der Waals surface area (Å²) in [6, 6.07) is 4.40. The normalized spacial score (nSPS) is 24.2. The van der Waals surface area contributed by atoms with Crippen LogP contribution in [0.1, 0.15) is 70.3 Å². The minimum Gasteiger partial charge on any atom is -0.204 e. The van der Waals surface area contributed by atoms with Gasteiger partial charge in [0.15, 0.2) is 11.6 Å². The Morgan fingerprint density at radius 2 is 1.83 bits per heavy atom. The Balaban J connectivity index is 1.83. The predicted octanol–water partition coefficient (Wildman–Crippen LogP) is 6.87. The lowest BCUT2D eigenvalue weighted by Gasteiger charge is -2.33. The highest BCUT2D eigenvalue weighted by Crippen LogP contribution is 2.40. The maximum absolute atomic E-state index is 13.4. The lowest BCUT2D eigenvalue weighted by Crippen LogP contribution is -2.20. The van der Waals surface area contributed by atoms with Crippen LogP contribution in [0.5, 0.6) is 0 Å². The summed E-state index contributed by atoms with van der Waals surface area (Å²) in [5, 5.41) is 0. The molecule has 0 amide bonds. The molecule has 0 heterocycles. The van der Waals surface area contributed by atoms with Crippen molar-refractivity contribution in [1.82, 2.24) is 0 Å². The molecule has 0 saturated heterocycles. The van der Waals surface area contributed by atoms with Crippen LogP contribution in [-0.2, 0) is 0 Å². The van der Waals surface area contributed by atoms with Gasteiger partial charge in [-0.15, -0.1) is 6.58 Å². The van der Waals surface area contributed by atoms with E-state index in [9.17, 15) is 8.78 Å². The van der Waals surface area contributed by atoms with E-state index in [0.29, 0.717) is 11.8 Å². The van der Waals surface area contributed by atoms with Crippen LogP contribution in [0.4, 0.5) is 8.78 Å². The molecule has 2 heteroatoms. The van der Waals surface area contributed by atoms with E-state index in [1.165, 1.54) is 44.2 Å². The molecule has 0 N–H and O–H groups in total. The molecular weight excluding hydrogens is 290 g/mol. The van der Waals surface area contributed by atoms with Crippen molar-refractivity contribution in [2.75, 3.05) is 0 Å². The van der Waals surface area contributed by atoms with Crippen LogP contribution in [-0.4, -0.2) is 0 Å². The molecule has 0 spiro atoms. The van der Waals surface area contributed by atoms with Gasteiger partial charge in [-0.2, -0.15) is 0 Å². The highest BCUT2D eigenvalue weighted by molar-refractivity contribution is 5.22. The summed E-state index contributed by atoms with van der Waals surface area (Å²) in [5.41, 5.74) is 0.965. The second-order valence-electron chi connectivity index (χ2n) is 7.24. The highest BCUT2D eigenvalue weighted by atomic mass is 19.2. The fourth-order valence-corrected chi connectivity index (χ4v) is 3.99. The van der Waals surface area contributed by atoms with E-state index >= 15 is 0 Å². The largest absolute Gasteiger partial charge is 0.204 e. The molecule has 128 valence electrons. The van der Waals surface area contributed by atoms with Gasteiger partial charge in [-0.25, -0.2) is 8.78 Å². The first-order chi connectivity index (χ1) is 11.0. The molecule has 23 heavy (non-hydrogen) atoms. The van der Waals surface area contributed by atoms with E-state index in [0.717, 1.165) is 30.2 Å². The number of hydrogen-bond donors (Lipinski definition) is 0. The summed E-state index contributed by atoms with van der Waals surface area (Å²) in [6.07, 6.45) is 10.4. The van der Waals surface area contributed by atoms with Gasteiger partial charge in [0, 0.05) is 0 Å². The van der Waals surface area contributed by atoms with Gasteiger partial charge in [-0.05, 0) is 86.3 Å². The first-order valence-corrected chi connectivity index (χ1v) is 9.12. The Kier molecular flexibility index (Phi) is 6.80. The van der Waals surface area contributed by atoms with Gasteiger partial charge in [-0.3, -0.25) is 0 Å². The molecule has 1 fully saturated rings. The van der Waals surface area contributed by atoms with Gasteiger partial charge < -0.3 is 0 Å². The Hall–Kier alpha value is -1.18. The molecule has 2 rings (SSSR count). The van der Waals surface area contributed by atoms with Crippen molar-refractivity contribution in [3.63, 3.8) is 0 Å². The Bertz CT molecular complexity index is 501. The first-order valence-electron chi connectivity index (χ1n) is 9.12. The predicted molar refractivity (Wildman–Crippen MR) is 93.4 cm³/mol. The van der Waals surface area contributed by atoms with Crippen molar-refractivity contribution in [2.45, 2.75) is 64.7 Å². The SMILES string of the molecule is C=CC(CC)CCC(C)C1CCC(c2ccc(F)c(F)c2)CC1. The average Bonchev–Trinajstić information content (AvgIpc) is 2.58. The number of benzene rings is 1. The van der Waals surface area contributed by atoms with Gasteiger partial charge in [0.2, 0.25) is 0 Å². The van der Waals surface area contributed by atoms with Crippen molar-refractivity contribution in [2.24, 2.45) is 17.8 Å². The third kappa shape index (κ3) is 4.89. The maximum atomic E-state index is 13.4. The van der Waals surface area contributed by atoms with E-state index in [-0.39, 0.29) is 0 Å². The van der Waals surface area contributed by atoms with E-state index in [2.05, 4.69) is 26.5 Å². The maximum Gasteiger partial charge on any atom is 0.159 e. The summed E-state index contributed by atoms with van der Waals surface area (Å²) in [4.78, 5) is 0. The fraction of sp³-hybridized carbons (Fsp3) is 0.619. The van der Waals surface area contributed by atoms with Crippen molar-refractivity contribution in [3.8, 4) is 0 Å². The molecule has 0 aliphatic heterocycles. The minimum atomic E-state index is -0.747. The Labute approximate surface area is 140 Å². The summed E-state index contributed by atoms with van der Waals surface area (Å²) < 4.78 is 26.5. The first kappa shape index (κ1) is 18.2. The van der Waals surface area contributed by atoms with Crippen LogP contribution in [0.2, 0.25) is 0 Å². The molecule has 0 aromatic heterocycles. The molecule has 1 aliphatic carbocycles. The van der Waals surface area contributed by atoms with Gasteiger partial charge >= 0.3 is 0 Å². The fourth-order valence-electron chi connectivity index (χ4n) is 3.99. The zero-order chi connectivity index (χ0) is 16.8. The summed E-state index contributed by atoms with van der Waals surface area (Å²) >= 11 is 0. The molecule has 0 bridgehead atoms. The Morgan fingerprint density at radius 3 is 2.39 bits per heavy atom. The van der Waals surface area contributed by atoms with Crippen LogP contribution in [0.25, 0.3) is 0 Å². The minimum absolute atomic E-state index is 0.394. The molecule has 2 unspecified atom stereocenters. The van der Waals surface area contributed by atoms with Gasteiger partial charge in [-0.1, -0.05) is 26.0 Å². The molecule has 1 saturated carbocycles. The van der Waals surface area contributed by atoms with E-state index in [1.807, 2.05) is 0 Å². The zero-order valence-corrected chi connectivity index (χ0v) is 14.5. The monoisotopic (exact) mass is 320 g/mol. The molecule has 1 aliphatic rings. The lowest BCUT2D eigenvalue weighted by molar-refractivity contribution is 0.227. The molecule has 1 aromatic rings. The number of halogens is 2. The van der Waals surface area contributed by atoms with Crippen LogP contribution in [0.3, 0.4) is 0 Å². The van der Waals surface area contributed by atoms with Crippen LogP contribution >= 0.6 is 0 Å². The quantitative estimate of drug-likeness (QED) is 0.481. The molecule has 0 radical (unpaired) electrons. The zero-order valence-electron chi connectivity index (χ0n) is 14.5. The molecule has 2 atom stereocenters. The number of rotatable bonds is 7. The number of allylic oxidation sites excluding steroid dienone is 1. The summed E-state index contributed by atoms with van der Waals surface area (Å²) in [5.74, 6) is 1.10. The van der Waals surface area contributed by atoms with Crippen molar-refractivity contribution >= 4 is 0 Å². The summed E-state index contributed by atoms with van der Waals surface area (Å²) in [6.45, 7) is 8.52. The average molecular weight is 320 g/mol. The smallest absolute Gasteiger partial charge is 0.159 e. The topological polar surface area (TPSA) is 0 Å². The van der Waals surface area contributed by atoms with Crippen molar-refractivity contribution < 1.29 is 8.78 Å². The highest BCUT2D eigenvalue weighted by Gasteiger charge is 2.26. The molecule has 1 aromatic carbocycles. The Morgan fingerprint density at radius 1 is 1.13 bits per heavy atom. The van der Waals surface area contributed by atoms with Crippen LogP contribution < -0.4 is 0 Å². The second kappa shape index (κ2) is 8.61. The van der Waals surface area contributed by atoms with E-state index in [1.54, 1.807) is 6.07 Å². The van der Waals surface area contributed by atoms with E-state index in [4.69, 9.17) is 0 Å². The summed E-state index contributed by atoms with van der Waals surface area (Å²) in [7, 11) is 0. The molecule has 0 nitrogen and oxygen atoms in total. The van der Waals surface area contributed by atoms with Crippen LogP contribution in [0, 0.1) is 29.4 Å². The number of hydrogen-bond acceptors (Lipinski definition) is 0. The molecular formula is C21H30F2. The van der Waals surface area contributed by atoms with E-state index < -0.39 is 11.6 Å². The third-order valence-electron chi connectivity index (χ3n) is 5.84. The van der Waals surface area contributed by atoms with Crippen LogP contribution in [0.15, 0.2) is 30.9 Å². The van der Waals surface area contributed by atoms with Crippen molar-refractivity contribution in [3.05, 3.63) is 48.1 Å². The second-order valence-corrected chi connectivity index (χ2v) is 7.24. The lowest BCUT2D eigenvalue weighted by atomic mass is 9.73.